The van der Waals surface area contributed by atoms with Gasteiger partial charge in [-0.1, -0.05) is 46.9 Å². The molecule has 0 aliphatic carbocycles. The van der Waals surface area contributed by atoms with E-state index in [2.05, 4.69) is 4.98 Å². The molecule has 1 N–H and O–H groups in total. The summed E-state index contributed by atoms with van der Waals surface area (Å²) in [6.45, 7) is 0.0197. The number of hydrogen-bond donors (Lipinski definition) is 1. The molecule has 3 rings (SSSR count). The van der Waals surface area contributed by atoms with Crippen LogP contribution in [0.5, 0.6) is 0 Å². The molecule has 0 bridgehead atoms. The fourth-order valence-corrected chi connectivity index (χ4v) is 4.90. The molecule has 26 heavy (non-hydrogen) atoms. The summed E-state index contributed by atoms with van der Waals surface area (Å²) >= 11 is 4.01. The fraction of sp³-hybridized carbons (Fsp3) is 0.176. The van der Waals surface area contributed by atoms with Gasteiger partial charge in [0.2, 0.25) is 0 Å². The Morgan fingerprint density at radius 3 is 2.54 bits per heavy atom. The largest absolute Gasteiger partial charge is 0.772 e. The Balaban J connectivity index is 2.11. The molecular weight excluding hydrogens is 396 g/mol. The molecule has 0 amide bonds. The Labute approximate surface area is 159 Å². The van der Waals surface area contributed by atoms with Crippen LogP contribution in [-0.4, -0.2) is 34.5 Å². The van der Waals surface area contributed by atoms with Crippen LogP contribution >= 0.6 is 11.6 Å². The average Bonchev–Trinajstić information content (AvgIpc) is 3.01. The van der Waals surface area contributed by atoms with Gasteiger partial charge in [-0.25, -0.2) is 8.42 Å². The second kappa shape index (κ2) is 7.79. The van der Waals surface area contributed by atoms with E-state index in [1.807, 2.05) is 0 Å². The molecule has 0 fully saturated rings. The third kappa shape index (κ3) is 3.78. The van der Waals surface area contributed by atoms with Crippen molar-refractivity contribution in [3.05, 3.63) is 59.8 Å². The van der Waals surface area contributed by atoms with Gasteiger partial charge in [0.25, 0.3) is 10.0 Å². The molecule has 0 aliphatic heterocycles. The highest BCUT2D eigenvalue weighted by Crippen LogP contribution is 2.35. The van der Waals surface area contributed by atoms with Gasteiger partial charge < -0.3 is 9.54 Å². The first-order valence-electron chi connectivity index (χ1n) is 7.80. The predicted molar refractivity (Wildman–Crippen MR) is 103 cm³/mol. The number of anilines is 1. The topological polar surface area (TPSA) is 93.3 Å². The van der Waals surface area contributed by atoms with E-state index in [0.717, 1.165) is 0 Å². The van der Waals surface area contributed by atoms with Gasteiger partial charge in [-0.15, -0.1) is 0 Å². The lowest BCUT2D eigenvalue weighted by Gasteiger charge is -2.25. The van der Waals surface area contributed by atoms with E-state index in [1.54, 1.807) is 42.6 Å². The molecule has 0 radical (unpaired) electrons. The lowest BCUT2D eigenvalue weighted by atomic mass is 10.2. The Hall–Kier alpha value is -1.87. The predicted octanol–water partition coefficient (Wildman–Crippen LogP) is 3.29. The minimum atomic E-state index is -3.88. The minimum Gasteiger partial charge on any atom is -0.772 e. The van der Waals surface area contributed by atoms with Gasteiger partial charge in [0.1, 0.15) is 0 Å². The molecule has 0 spiro atoms. The van der Waals surface area contributed by atoms with Crippen molar-refractivity contribution in [1.82, 2.24) is 4.98 Å². The maximum atomic E-state index is 13.2. The Kier molecular flexibility index (Phi) is 5.67. The summed E-state index contributed by atoms with van der Waals surface area (Å²) in [5, 5.41) is 0.980. The quantitative estimate of drug-likeness (QED) is 0.603. The number of halogens is 1. The van der Waals surface area contributed by atoms with Crippen molar-refractivity contribution in [3.8, 4) is 0 Å². The van der Waals surface area contributed by atoms with Crippen LogP contribution in [0.15, 0.2) is 59.6 Å². The number of nitrogens with zero attached hydrogens (tertiary/aromatic N) is 1. The van der Waals surface area contributed by atoms with Crippen LogP contribution in [0.2, 0.25) is 5.02 Å². The van der Waals surface area contributed by atoms with Crippen LogP contribution in [-0.2, 0) is 21.1 Å². The number of hydrogen-bond acceptors (Lipinski definition) is 4. The SMILES string of the molecule is O=S([O-])CCCN(c1cccc2[nH]cc(Cl)c12)S(=O)(=O)c1ccccc1. The summed E-state index contributed by atoms with van der Waals surface area (Å²) < 4.78 is 49.4. The maximum absolute atomic E-state index is 13.2. The number of fused-ring (bicyclic) bond motifs is 1. The zero-order valence-electron chi connectivity index (χ0n) is 13.6. The van der Waals surface area contributed by atoms with Gasteiger partial charge in [-0.05, 0) is 30.7 Å². The van der Waals surface area contributed by atoms with Crippen molar-refractivity contribution in [2.24, 2.45) is 0 Å². The molecule has 9 heteroatoms. The van der Waals surface area contributed by atoms with Crippen LogP contribution in [0.3, 0.4) is 0 Å². The summed E-state index contributed by atoms with van der Waals surface area (Å²) in [5.41, 5.74) is 1.11. The number of aromatic amines is 1. The minimum absolute atomic E-state index is 0.0197. The van der Waals surface area contributed by atoms with Crippen molar-refractivity contribution in [2.75, 3.05) is 16.6 Å². The zero-order valence-corrected chi connectivity index (χ0v) is 16.0. The molecule has 0 aliphatic rings. The van der Waals surface area contributed by atoms with E-state index >= 15 is 0 Å². The number of H-pyrrole nitrogens is 1. The average molecular weight is 412 g/mol. The van der Waals surface area contributed by atoms with Crippen LogP contribution in [0.4, 0.5) is 5.69 Å². The van der Waals surface area contributed by atoms with E-state index in [4.69, 9.17) is 11.6 Å². The van der Waals surface area contributed by atoms with Crippen LogP contribution in [0, 0.1) is 0 Å². The third-order valence-electron chi connectivity index (χ3n) is 3.91. The smallest absolute Gasteiger partial charge is 0.264 e. The highest BCUT2D eigenvalue weighted by molar-refractivity contribution is 7.92. The highest BCUT2D eigenvalue weighted by Gasteiger charge is 2.26. The van der Waals surface area contributed by atoms with E-state index in [1.165, 1.54) is 16.4 Å². The van der Waals surface area contributed by atoms with E-state index < -0.39 is 21.1 Å². The maximum Gasteiger partial charge on any atom is 0.264 e. The van der Waals surface area contributed by atoms with Gasteiger partial charge in [-0.3, -0.25) is 8.51 Å². The Morgan fingerprint density at radius 2 is 1.85 bits per heavy atom. The second-order valence-corrected chi connectivity index (χ2v) is 8.87. The highest BCUT2D eigenvalue weighted by atomic mass is 35.5. The zero-order chi connectivity index (χ0) is 18.7. The Morgan fingerprint density at radius 1 is 1.12 bits per heavy atom. The van der Waals surface area contributed by atoms with Gasteiger partial charge in [0, 0.05) is 29.4 Å². The number of sulfonamides is 1. The summed E-state index contributed by atoms with van der Waals surface area (Å²) in [7, 11) is -3.88. The number of nitrogens with one attached hydrogen (secondary N) is 1. The summed E-state index contributed by atoms with van der Waals surface area (Å²) in [4.78, 5) is 3.13. The lowest BCUT2D eigenvalue weighted by molar-refractivity contribution is 0.534. The molecule has 6 nitrogen and oxygen atoms in total. The van der Waals surface area contributed by atoms with E-state index in [-0.39, 0.29) is 23.6 Å². The first-order valence-corrected chi connectivity index (χ1v) is 10.9. The molecule has 1 unspecified atom stereocenters. The summed E-state index contributed by atoms with van der Waals surface area (Å²) in [5.74, 6) is -0.127. The van der Waals surface area contributed by atoms with Gasteiger partial charge in [0.05, 0.1) is 15.6 Å². The van der Waals surface area contributed by atoms with Gasteiger partial charge >= 0.3 is 0 Å². The molecule has 2 aromatic carbocycles. The fourth-order valence-electron chi connectivity index (χ4n) is 2.75. The number of aromatic nitrogens is 1. The van der Waals surface area contributed by atoms with Crippen molar-refractivity contribution >= 4 is 49.3 Å². The third-order valence-corrected chi connectivity index (χ3v) is 6.66. The van der Waals surface area contributed by atoms with Crippen LogP contribution in [0.1, 0.15) is 6.42 Å². The van der Waals surface area contributed by atoms with E-state index in [0.29, 0.717) is 21.6 Å². The van der Waals surface area contributed by atoms with Crippen LogP contribution < -0.4 is 4.31 Å². The van der Waals surface area contributed by atoms with Crippen LogP contribution in [0.25, 0.3) is 10.9 Å². The molecule has 138 valence electrons. The molecule has 1 aromatic heterocycles. The normalized spacial score (nSPS) is 13.0. The van der Waals surface area contributed by atoms with Gasteiger partial charge in [0.15, 0.2) is 0 Å². The van der Waals surface area contributed by atoms with Crippen molar-refractivity contribution in [1.29, 1.82) is 0 Å². The van der Waals surface area contributed by atoms with E-state index in [9.17, 15) is 17.2 Å². The molecular formula is C17H16ClN2O4S2-. The second-order valence-electron chi connectivity index (χ2n) is 5.59. The lowest BCUT2D eigenvalue weighted by Crippen LogP contribution is -2.32. The van der Waals surface area contributed by atoms with Crippen molar-refractivity contribution in [3.63, 3.8) is 0 Å². The van der Waals surface area contributed by atoms with Gasteiger partial charge in [-0.2, -0.15) is 0 Å². The molecule has 1 heterocycles. The standard InChI is InChI=1S/C17H17ClN2O4S2/c18-14-12-19-15-8-4-9-16(17(14)15)20(10-5-11-25(21)22)26(23,24)13-6-2-1-3-7-13/h1-4,6-9,12,19H,5,10-11H2,(H,21,22)/p-1. The number of benzene rings is 2. The first kappa shape index (κ1) is 18.9. The Bertz CT molecular complexity index is 1040. The first-order chi connectivity index (χ1) is 12.4. The van der Waals surface area contributed by atoms with Crippen molar-refractivity contribution in [2.45, 2.75) is 11.3 Å². The molecule has 1 atom stereocenters. The monoisotopic (exact) mass is 411 g/mol. The summed E-state index contributed by atoms with van der Waals surface area (Å²) in [6.07, 6.45) is 1.76. The molecule has 0 saturated heterocycles. The van der Waals surface area contributed by atoms with Crippen molar-refractivity contribution < 1.29 is 17.2 Å². The molecule has 0 saturated carbocycles. The summed E-state index contributed by atoms with van der Waals surface area (Å²) in [6, 6.07) is 13.2. The molecule has 3 aromatic rings. The number of rotatable bonds is 7.